The summed E-state index contributed by atoms with van der Waals surface area (Å²) in [7, 11) is 0. The Morgan fingerprint density at radius 2 is 0.950 bits per heavy atom. The fourth-order valence-corrected chi connectivity index (χ4v) is 6.32. The smallest absolute Gasteiger partial charge is 0.125 e. The van der Waals surface area contributed by atoms with Crippen LogP contribution in [0.25, 0.3) is 44.3 Å². The van der Waals surface area contributed by atoms with Crippen LogP contribution >= 0.6 is 0 Å². The Balaban J connectivity index is 1.11. The number of fused-ring (bicyclic) bond motifs is 2. The highest BCUT2D eigenvalue weighted by atomic mass is 14.9. The van der Waals surface area contributed by atoms with Crippen molar-refractivity contribution in [2.75, 3.05) is 0 Å². The number of aromatic nitrogens is 2. The standard InChI is InChI=1S/C34H36N6/c35-33(37-27-5-1-2-6-27)25-15-13-23-17-29(39-31(23)19-25)21-9-11-22(12-10-21)30-18-24-14-16-26(20-32(24)40-30)34(36)38-28-7-3-4-8-28/h9-20,27-28,39-40H,1-8H2,(H2,35,37)(H2,36,38). The number of rotatable bonds is 6. The Morgan fingerprint density at radius 1 is 0.550 bits per heavy atom. The molecule has 3 aromatic carbocycles. The van der Waals surface area contributed by atoms with Gasteiger partial charge in [-0.3, -0.25) is 9.98 Å². The monoisotopic (exact) mass is 528 g/mol. The van der Waals surface area contributed by atoms with E-state index in [1.54, 1.807) is 0 Å². The number of hydrogen-bond donors (Lipinski definition) is 4. The lowest BCUT2D eigenvalue weighted by Crippen LogP contribution is -2.16. The van der Waals surface area contributed by atoms with Gasteiger partial charge in [0.05, 0.1) is 12.1 Å². The molecular weight excluding hydrogens is 492 g/mol. The lowest BCUT2D eigenvalue weighted by Gasteiger charge is -2.06. The first-order chi connectivity index (χ1) is 19.6. The maximum absolute atomic E-state index is 6.36. The first kappa shape index (κ1) is 24.7. The minimum atomic E-state index is 0.376. The van der Waals surface area contributed by atoms with E-state index in [9.17, 15) is 0 Å². The molecule has 2 heterocycles. The number of hydrogen-bond acceptors (Lipinski definition) is 2. The Bertz CT molecular complexity index is 1590. The average Bonchev–Trinajstić information content (AvgIpc) is 3.79. The molecule has 2 saturated carbocycles. The van der Waals surface area contributed by atoms with Crippen molar-refractivity contribution < 1.29 is 0 Å². The van der Waals surface area contributed by atoms with E-state index in [4.69, 9.17) is 21.5 Å². The molecule has 0 unspecified atom stereocenters. The number of nitrogens with two attached hydrogens (primary N) is 2. The molecule has 0 atom stereocenters. The summed E-state index contributed by atoms with van der Waals surface area (Å²) in [5.74, 6) is 1.28. The van der Waals surface area contributed by atoms with Crippen LogP contribution in [-0.2, 0) is 0 Å². The van der Waals surface area contributed by atoms with Crippen molar-refractivity contribution in [3.8, 4) is 22.5 Å². The van der Waals surface area contributed by atoms with E-state index >= 15 is 0 Å². The Kier molecular flexibility index (Phi) is 6.39. The van der Waals surface area contributed by atoms with E-state index in [0.29, 0.717) is 23.8 Å². The van der Waals surface area contributed by atoms with Crippen molar-refractivity contribution in [2.45, 2.75) is 63.5 Å². The molecule has 6 N–H and O–H groups in total. The molecule has 0 radical (unpaired) electrons. The van der Waals surface area contributed by atoms with Crippen LogP contribution in [0.1, 0.15) is 62.5 Å². The number of amidine groups is 2. The van der Waals surface area contributed by atoms with E-state index in [1.165, 1.54) is 36.5 Å². The van der Waals surface area contributed by atoms with Gasteiger partial charge in [-0.05, 0) is 61.1 Å². The van der Waals surface area contributed by atoms with Crippen LogP contribution in [0.4, 0.5) is 0 Å². The molecule has 0 amide bonds. The van der Waals surface area contributed by atoms with E-state index < -0.39 is 0 Å². The van der Waals surface area contributed by atoms with Crippen molar-refractivity contribution in [1.29, 1.82) is 0 Å². The highest BCUT2D eigenvalue weighted by molar-refractivity contribution is 6.02. The second kappa shape index (κ2) is 10.3. The van der Waals surface area contributed by atoms with Crippen molar-refractivity contribution in [3.05, 3.63) is 83.9 Å². The highest BCUT2D eigenvalue weighted by Crippen LogP contribution is 2.30. The Hall–Kier alpha value is -4.32. The van der Waals surface area contributed by atoms with Crippen molar-refractivity contribution >= 4 is 33.5 Å². The van der Waals surface area contributed by atoms with E-state index in [1.807, 2.05) is 0 Å². The lowest BCUT2D eigenvalue weighted by molar-refractivity contribution is 0.706. The lowest BCUT2D eigenvalue weighted by atomic mass is 10.1. The largest absolute Gasteiger partial charge is 0.383 e. The van der Waals surface area contributed by atoms with Gasteiger partial charge < -0.3 is 21.4 Å². The summed E-state index contributed by atoms with van der Waals surface area (Å²) >= 11 is 0. The van der Waals surface area contributed by atoms with Gasteiger partial charge in [-0.1, -0.05) is 74.2 Å². The third-order valence-electron chi connectivity index (χ3n) is 8.64. The minimum absolute atomic E-state index is 0.376. The van der Waals surface area contributed by atoms with Crippen LogP contribution in [0.3, 0.4) is 0 Å². The maximum Gasteiger partial charge on any atom is 0.125 e. The van der Waals surface area contributed by atoms with Crippen LogP contribution < -0.4 is 11.5 Å². The first-order valence-electron chi connectivity index (χ1n) is 14.6. The van der Waals surface area contributed by atoms with Gasteiger partial charge in [0.2, 0.25) is 0 Å². The molecule has 6 heteroatoms. The van der Waals surface area contributed by atoms with E-state index in [0.717, 1.165) is 70.4 Å². The molecule has 2 aliphatic rings. The second-order valence-corrected chi connectivity index (χ2v) is 11.5. The number of aromatic amines is 2. The van der Waals surface area contributed by atoms with Gasteiger partial charge in [-0.25, -0.2) is 0 Å². The summed E-state index contributed by atoms with van der Waals surface area (Å²) in [6.45, 7) is 0. The zero-order chi connectivity index (χ0) is 27.1. The Morgan fingerprint density at radius 3 is 1.35 bits per heavy atom. The molecule has 40 heavy (non-hydrogen) atoms. The summed E-state index contributed by atoms with van der Waals surface area (Å²) < 4.78 is 0. The van der Waals surface area contributed by atoms with Crippen molar-refractivity contribution in [3.63, 3.8) is 0 Å². The van der Waals surface area contributed by atoms with Crippen LogP contribution in [0.2, 0.25) is 0 Å². The van der Waals surface area contributed by atoms with Gasteiger partial charge in [-0.15, -0.1) is 0 Å². The number of nitrogens with one attached hydrogen (secondary N) is 2. The number of nitrogens with zero attached hydrogens (tertiary/aromatic N) is 2. The molecule has 5 aromatic rings. The number of H-pyrrole nitrogens is 2. The van der Waals surface area contributed by atoms with Gasteiger partial charge in [0, 0.05) is 44.3 Å². The normalized spacial score (nSPS) is 17.5. The van der Waals surface area contributed by atoms with Gasteiger partial charge >= 0.3 is 0 Å². The molecule has 2 fully saturated rings. The molecule has 0 saturated heterocycles. The molecule has 0 aliphatic heterocycles. The Labute approximate surface area is 234 Å². The number of aliphatic imine (C=N–C) groups is 2. The molecule has 202 valence electrons. The molecule has 0 spiro atoms. The van der Waals surface area contributed by atoms with Gasteiger partial charge in [0.25, 0.3) is 0 Å². The summed E-state index contributed by atoms with van der Waals surface area (Å²) in [4.78, 5) is 16.7. The highest BCUT2D eigenvalue weighted by Gasteiger charge is 2.16. The molecule has 2 aromatic heterocycles. The first-order valence-corrected chi connectivity index (χ1v) is 14.6. The second-order valence-electron chi connectivity index (χ2n) is 11.5. The third kappa shape index (κ3) is 4.90. The van der Waals surface area contributed by atoms with Crippen LogP contribution in [0.15, 0.2) is 82.8 Å². The van der Waals surface area contributed by atoms with Crippen LogP contribution in [0.5, 0.6) is 0 Å². The zero-order valence-corrected chi connectivity index (χ0v) is 22.8. The van der Waals surface area contributed by atoms with Gasteiger partial charge in [0.1, 0.15) is 11.7 Å². The zero-order valence-electron chi connectivity index (χ0n) is 22.8. The summed E-state index contributed by atoms with van der Waals surface area (Å²) in [5.41, 5.74) is 21.3. The third-order valence-corrected chi connectivity index (χ3v) is 8.64. The molecule has 2 aliphatic carbocycles. The SMILES string of the molecule is NC(=NC1CCCC1)c1ccc2cc(-c3ccc(-c4cc5ccc(C(N)=NC6CCCC6)cc5[nH]4)cc3)[nH]c2c1. The topological polar surface area (TPSA) is 108 Å². The molecular formula is C34H36N6. The minimum Gasteiger partial charge on any atom is -0.383 e. The van der Waals surface area contributed by atoms with Crippen LogP contribution in [-0.4, -0.2) is 33.7 Å². The molecule has 7 rings (SSSR count). The average molecular weight is 529 g/mol. The number of benzene rings is 3. The molecule has 6 nitrogen and oxygen atoms in total. The van der Waals surface area contributed by atoms with Gasteiger partial charge in [-0.2, -0.15) is 0 Å². The fraction of sp³-hybridized carbons (Fsp3) is 0.294. The predicted octanol–water partition coefficient (Wildman–Crippen LogP) is 7.28. The van der Waals surface area contributed by atoms with Crippen molar-refractivity contribution in [1.82, 2.24) is 9.97 Å². The maximum atomic E-state index is 6.36. The summed E-state index contributed by atoms with van der Waals surface area (Å²) in [5, 5.41) is 2.33. The van der Waals surface area contributed by atoms with E-state index in [2.05, 4.69) is 82.8 Å². The quantitative estimate of drug-likeness (QED) is 0.137. The van der Waals surface area contributed by atoms with Crippen molar-refractivity contribution in [2.24, 2.45) is 21.5 Å². The van der Waals surface area contributed by atoms with E-state index in [-0.39, 0.29) is 0 Å². The predicted molar refractivity (Wildman–Crippen MR) is 167 cm³/mol. The summed E-state index contributed by atoms with van der Waals surface area (Å²) in [6, 6.07) is 26.4. The molecule has 0 bridgehead atoms. The van der Waals surface area contributed by atoms with Gasteiger partial charge in [0.15, 0.2) is 0 Å². The van der Waals surface area contributed by atoms with Crippen LogP contribution in [0, 0.1) is 0 Å². The summed E-state index contributed by atoms with van der Waals surface area (Å²) in [6.07, 6.45) is 9.61. The fourth-order valence-electron chi connectivity index (χ4n) is 6.32.